The van der Waals surface area contributed by atoms with E-state index in [0.29, 0.717) is 17.5 Å². The van der Waals surface area contributed by atoms with Crippen LogP contribution in [0, 0.1) is 0 Å². The molecule has 5 nitrogen and oxygen atoms in total. The van der Waals surface area contributed by atoms with Gasteiger partial charge in [0.2, 0.25) is 0 Å². The molecule has 76 heavy (non-hydrogen) atoms. The third kappa shape index (κ3) is 6.42. The van der Waals surface area contributed by atoms with Crippen LogP contribution in [0.3, 0.4) is 0 Å². The summed E-state index contributed by atoms with van der Waals surface area (Å²) in [6.45, 7) is 0. The third-order valence-electron chi connectivity index (χ3n) is 16.1. The highest BCUT2D eigenvalue weighted by molar-refractivity contribution is 6.11. The van der Waals surface area contributed by atoms with Crippen LogP contribution in [-0.2, 0) is 0 Å². The first-order valence-electron chi connectivity index (χ1n) is 26.2. The molecule has 3 aromatic heterocycles. The lowest BCUT2D eigenvalue weighted by atomic mass is 9.58. The van der Waals surface area contributed by atoms with Crippen LogP contribution >= 0.6 is 0 Å². The fourth-order valence-corrected chi connectivity index (χ4v) is 13.0. The van der Waals surface area contributed by atoms with E-state index in [0.717, 1.165) is 33.6 Å². The van der Waals surface area contributed by atoms with E-state index in [9.17, 15) is 0 Å². The number of para-hydroxylation sites is 4. The highest BCUT2D eigenvalue weighted by Crippen LogP contribution is 2.60. The number of rotatable bonds is 7. The van der Waals surface area contributed by atoms with Crippen LogP contribution in [0.2, 0.25) is 0 Å². The van der Waals surface area contributed by atoms with Gasteiger partial charge in [-0.1, -0.05) is 212 Å². The van der Waals surface area contributed by atoms with Gasteiger partial charge in [0.05, 0.1) is 22.1 Å². The van der Waals surface area contributed by atoms with E-state index in [-0.39, 0.29) is 11.8 Å². The second kappa shape index (κ2) is 16.8. The summed E-state index contributed by atoms with van der Waals surface area (Å²) in [5.74, 6) is 1.94. The molecule has 3 heterocycles. The predicted octanol–water partition coefficient (Wildman–Crippen LogP) is 17.4. The summed E-state index contributed by atoms with van der Waals surface area (Å²) >= 11 is 0. The van der Waals surface area contributed by atoms with Crippen molar-refractivity contribution in [1.29, 1.82) is 0 Å². The SMILES string of the molecule is c1ccc(-c2nc(-c3ccccc3)nc(-c3cccc(-c4ccc(-c5cc(-n6c7ccccc7c7ccccc76)cc(-n6c7ccccc7c7ccccc76)c5)c5c4C4c6ccccc6C5c5ccccc54)c3)n2)cc1. The van der Waals surface area contributed by atoms with E-state index < -0.39 is 0 Å². The van der Waals surface area contributed by atoms with E-state index >= 15 is 0 Å². The molecule has 17 rings (SSSR count). The number of benzene rings is 11. The molecule has 0 amide bonds. The molecule has 3 aliphatic rings. The minimum absolute atomic E-state index is 0.00417. The van der Waals surface area contributed by atoms with Crippen LogP contribution in [-0.4, -0.2) is 24.1 Å². The monoisotopic (exact) mass is 967 g/mol. The van der Waals surface area contributed by atoms with Crippen molar-refractivity contribution < 1.29 is 0 Å². The summed E-state index contributed by atoms with van der Waals surface area (Å²) in [4.78, 5) is 15.4. The van der Waals surface area contributed by atoms with E-state index in [2.05, 4.69) is 234 Å². The van der Waals surface area contributed by atoms with Crippen molar-refractivity contribution in [2.75, 3.05) is 0 Å². The zero-order valence-corrected chi connectivity index (χ0v) is 41.2. The lowest BCUT2D eigenvalue weighted by molar-refractivity contribution is 0.757. The van der Waals surface area contributed by atoms with Crippen LogP contribution < -0.4 is 0 Å². The Labute approximate surface area is 439 Å². The second-order valence-electron chi connectivity index (χ2n) is 20.2. The normalized spacial score (nSPS) is 14.3. The Balaban J connectivity index is 0.967. The van der Waals surface area contributed by atoms with Gasteiger partial charge in [-0.15, -0.1) is 0 Å². The largest absolute Gasteiger partial charge is 0.309 e. The molecule has 0 saturated carbocycles. The van der Waals surface area contributed by atoms with Gasteiger partial charge in [0, 0.05) is 61.4 Å². The molecule has 0 fully saturated rings. The van der Waals surface area contributed by atoms with Crippen molar-refractivity contribution in [1.82, 2.24) is 24.1 Å². The maximum atomic E-state index is 5.18. The average Bonchev–Trinajstić information content (AvgIpc) is 4.17. The van der Waals surface area contributed by atoms with Crippen molar-refractivity contribution >= 4 is 43.6 Å². The standard InChI is InChI=1S/C71H45N5/c1-3-20-44(21-4-1)69-72-70(45-22-5-2-6-23-45)74-71(73-69)47-25-19-24-46(40-47)51-38-39-52(68-66-59-32-9-7-30-57(59)65(67(51)68)58-31-8-10-33-60(58)66)48-41-49(75-61-34-15-11-26-53(61)54-27-12-16-35-62(54)75)43-50(42-48)76-63-36-17-13-28-55(63)56-29-14-18-37-64(56)76/h1-43,65-66H. The highest BCUT2D eigenvalue weighted by atomic mass is 15.0. The van der Waals surface area contributed by atoms with Crippen LogP contribution in [0.15, 0.2) is 261 Å². The van der Waals surface area contributed by atoms with Gasteiger partial charge in [0.15, 0.2) is 17.5 Å². The minimum Gasteiger partial charge on any atom is -0.309 e. The number of aromatic nitrogens is 5. The zero-order chi connectivity index (χ0) is 49.8. The van der Waals surface area contributed by atoms with Gasteiger partial charge in [-0.2, -0.15) is 0 Å². The van der Waals surface area contributed by atoms with Gasteiger partial charge in [-0.05, 0) is 104 Å². The molecule has 14 aromatic rings. The Kier molecular flexibility index (Phi) is 9.39. The second-order valence-corrected chi connectivity index (χ2v) is 20.2. The summed E-state index contributed by atoms with van der Waals surface area (Å²) in [5.41, 5.74) is 22.7. The summed E-state index contributed by atoms with van der Waals surface area (Å²) in [5, 5.41) is 4.95. The maximum absolute atomic E-state index is 5.18. The van der Waals surface area contributed by atoms with Gasteiger partial charge < -0.3 is 9.13 Å². The molecule has 0 spiro atoms. The van der Waals surface area contributed by atoms with Crippen molar-refractivity contribution in [2.45, 2.75) is 11.8 Å². The first-order chi connectivity index (χ1) is 37.7. The van der Waals surface area contributed by atoms with Gasteiger partial charge in [-0.25, -0.2) is 15.0 Å². The number of hydrogen-bond acceptors (Lipinski definition) is 3. The van der Waals surface area contributed by atoms with Crippen molar-refractivity contribution in [2.24, 2.45) is 0 Å². The summed E-state index contributed by atoms with van der Waals surface area (Å²) in [6.07, 6.45) is 0. The van der Waals surface area contributed by atoms with E-state index in [4.69, 9.17) is 15.0 Å². The summed E-state index contributed by atoms with van der Waals surface area (Å²) < 4.78 is 4.95. The quantitative estimate of drug-likeness (QED) is 0.160. The number of fused-ring (bicyclic) bond motifs is 6. The third-order valence-corrected chi connectivity index (χ3v) is 16.1. The smallest absolute Gasteiger partial charge is 0.164 e. The van der Waals surface area contributed by atoms with Gasteiger partial charge >= 0.3 is 0 Å². The van der Waals surface area contributed by atoms with Crippen LogP contribution in [0.25, 0.3) is 111 Å². The number of nitrogens with zero attached hydrogens (tertiary/aromatic N) is 5. The Morgan fingerprint density at radius 1 is 0.250 bits per heavy atom. The molecule has 3 aliphatic carbocycles. The Morgan fingerprint density at radius 3 is 1.00 bits per heavy atom. The molecule has 0 N–H and O–H groups in total. The molecule has 5 heteroatoms. The molecule has 0 radical (unpaired) electrons. The van der Waals surface area contributed by atoms with Crippen molar-refractivity contribution in [3.8, 4) is 67.8 Å². The van der Waals surface area contributed by atoms with E-state index in [1.807, 2.05) is 36.4 Å². The van der Waals surface area contributed by atoms with Crippen LogP contribution in [0.1, 0.15) is 45.2 Å². The first kappa shape index (κ1) is 42.5. The molecule has 11 aromatic carbocycles. The topological polar surface area (TPSA) is 48.5 Å². The molecule has 354 valence electrons. The lowest BCUT2D eigenvalue weighted by Gasteiger charge is -2.44. The first-order valence-corrected chi connectivity index (χ1v) is 26.2. The Morgan fingerprint density at radius 2 is 0.579 bits per heavy atom. The van der Waals surface area contributed by atoms with Gasteiger partial charge in [0.25, 0.3) is 0 Å². The molecular weight excluding hydrogens is 923 g/mol. The van der Waals surface area contributed by atoms with Crippen molar-refractivity contribution in [3.63, 3.8) is 0 Å². The average molecular weight is 968 g/mol. The molecular formula is C71H45N5. The molecule has 0 atom stereocenters. The Hall–Kier alpha value is -9.97. The zero-order valence-electron chi connectivity index (χ0n) is 41.2. The molecule has 0 saturated heterocycles. The minimum atomic E-state index is 0.00417. The predicted molar refractivity (Wildman–Crippen MR) is 310 cm³/mol. The maximum Gasteiger partial charge on any atom is 0.164 e. The van der Waals surface area contributed by atoms with Gasteiger partial charge in [0.1, 0.15) is 0 Å². The molecule has 0 aliphatic heterocycles. The van der Waals surface area contributed by atoms with E-state index in [1.54, 1.807) is 0 Å². The summed E-state index contributed by atoms with van der Waals surface area (Å²) in [7, 11) is 0. The van der Waals surface area contributed by atoms with Crippen molar-refractivity contribution in [3.05, 3.63) is 294 Å². The summed E-state index contributed by atoms with van der Waals surface area (Å²) in [6, 6.07) is 95.1. The fraction of sp³-hybridized carbons (Fsp3) is 0.0282. The van der Waals surface area contributed by atoms with E-state index in [1.165, 1.54) is 93.7 Å². The number of hydrogen-bond donors (Lipinski definition) is 0. The lowest BCUT2D eigenvalue weighted by Crippen LogP contribution is -2.28. The van der Waals surface area contributed by atoms with Crippen LogP contribution in [0.5, 0.6) is 0 Å². The molecule has 2 bridgehead atoms. The highest BCUT2D eigenvalue weighted by Gasteiger charge is 2.44. The van der Waals surface area contributed by atoms with Crippen LogP contribution in [0.4, 0.5) is 0 Å². The fourth-order valence-electron chi connectivity index (χ4n) is 13.0. The van der Waals surface area contributed by atoms with Gasteiger partial charge in [-0.3, -0.25) is 0 Å². The Bertz CT molecular complexity index is 4320. The molecule has 0 unspecified atom stereocenters.